The highest BCUT2D eigenvalue weighted by molar-refractivity contribution is 6.04. The Morgan fingerprint density at radius 1 is 1.27 bits per heavy atom. The van der Waals surface area contributed by atoms with Crippen molar-refractivity contribution in [3.8, 4) is 0 Å². The molecular formula is C17H25N3O2. The fourth-order valence-electron chi connectivity index (χ4n) is 2.62. The van der Waals surface area contributed by atoms with E-state index in [1.54, 1.807) is 6.07 Å². The molecule has 5 nitrogen and oxygen atoms in total. The summed E-state index contributed by atoms with van der Waals surface area (Å²) < 4.78 is 0. The molecule has 120 valence electrons. The molecule has 0 spiro atoms. The van der Waals surface area contributed by atoms with Crippen molar-refractivity contribution >= 4 is 17.6 Å². The van der Waals surface area contributed by atoms with E-state index in [4.69, 9.17) is 0 Å². The van der Waals surface area contributed by atoms with Crippen molar-refractivity contribution in [1.82, 2.24) is 10.2 Å². The summed E-state index contributed by atoms with van der Waals surface area (Å²) in [6.07, 6.45) is 2.96. The lowest BCUT2D eigenvalue weighted by molar-refractivity contribution is 0.0793. The van der Waals surface area contributed by atoms with Crippen LogP contribution < -0.4 is 10.6 Å². The quantitative estimate of drug-likeness (QED) is 0.897. The predicted octanol–water partition coefficient (Wildman–Crippen LogP) is 3.15. The zero-order valence-electron chi connectivity index (χ0n) is 13.6. The fourth-order valence-corrected chi connectivity index (χ4v) is 2.62. The number of benzene rings is 1. The first-order chi connectivity index (χ1) is 10.5. The van der Waals surface area contributed by atoms with Crippen LogP contribution in [0.5, 0.6) is 0 Å². The SMILES string of the molecule is CCC(C)NC(=O)Nc1cccc(C)c1C(=O)N1CCCC1. The zero-order chi connectivity index (χ0) is 16.1. The van der Waals surface area contributed by atoms with Crippen molar-refractivity contribution in [3.05, 3.63) is 29.3 Å². The molecule has 1 heterocycles. The molecule has 1 fully saturated rings. The van der Waals surface area contributed by atoms with Crippen LogP contribution in [0.3, 0.4) is 0 Å². The van der Waals surface area contributed by atoms with Gasteiger partial charge in [-0.1, -0.05) is 19.1 Å². The minimum Gasteiger partial charge on any atom is -0.339 e. The molecule has 1 aliphatic heterocycles. The Bertz CT molecular complexity index is 551. The summed E-state index contributed by atoms with van der Waals surface area (Å²) >= 11 is 0. The highest BCUT2D eigenvalue weighted by atomic mass is 16.2. The lowest BCUT2D eigenvalue weighted by Gasteiger charge is -2.20. The summed E-state index contributed by atoms with van der Waals surface area (Å²) in [5.41, 5.74) is 2.07. The highest BCUT2D eigenvalue weighted by Gasteiger charge is 2.24. The van der Waals surface area contributed by atoms with E-state index in [-0.39, 0.29) is 18.0 Å². The topological polar surface area (TPSA) is 61.4 Å². The molecule has 1 aliphatic rings. The van der Waals surface area contributed by atoms with Crippen LogP contribution in [0.1, 0.15) is 49.0 Å². The van der Waals surface area contributed by atoms with E-state index >= 15 is 0 Å². The Morgan fingerprint density at radius 2 is 1.95 bits per heavy atom. The summed E-state index contributed by atoms with van der Waals surface area (Å²) in [6.45, 7) is 7.46. The number of urea groups is 1. The van der Waals surface area contributed by atoms with Gasteiger partial charge in [-0.2, -0.15) is 0 Å². The second kappa shape index (κ2) is 7.29. The number of amides is 3. The van der Waals surface area contributed by atoms with Crippen LogP contribution in [0.15, 0.2) is 18.2 Å². The Morgan fingerprint density at radius 3 is 2.59 bits per heavy atom. The molecule has 1 atom stereocenters. The summed E-state index contributed by atoms with van der Waals surface area (Å²) in [6, 6.07) is 5.38. The summed E-state index contributed by atoms with van der Waals surface area (Å²) in [4.78, 5) is 26.6. The van der Waals surface area contributed by atoms with Gasteiger partial charge in [-0.25, -0.2) is 4.79 Å². The molecule has 1 aromatic rings. The monoisotopic (exact) mass is 303 g/mol. The molecule has 3 amide bonds. The zero-order valence-corrected chi connectivity index (χ0v) is 13.6. The predicted molar refractivity (Wildman–Crippen MR) is 88.2 cm³/mol. The van der Waals surface area contributed by atoms with E-state index < -0.39 is 0 Å². The normalized spacial score (nSPS) is 15.5. The third-order valence-electron chi connectivity index (χ3n) is 4.12. The van der Waals surface area contributed by atoms with Crippen LogP contribution >= 0.6 is 0 Å². The minimum atomic E-state index is -0.268. The number of nitrogens with zero attached hydrogens (tertiary/aromatic N) is 1. The standard InChI is InChI=1S/C17H25N3O2/c1-4-13(3)18-17(22)19-14-9-7-8-12(2)15(14)16(21)20-10-5-6-11-20/h7-9,13H,4-6,10-11H2,1-3H3,(H2,18,19,22). The first kappa shape index (κ1) is 16.3. The van der Waals surface area contributed by atoms with Crippen LogP contribution in [0.2, 0.25) is 0 Å². The van der Waals surface area contributed by atoms with Gasteiger partial charge >= 0.3 is 6.03 Å². The number of likely N-dealkylation sites (tertiary alicyclic amines) is 1. The van der Waals surface area contributed by atoms with Gasteiger partial charge in [-0.05, 0) is 44.7 Å². The Hall–Kier alpha value is -2.04. The molecule has 1 saturated heterocycles. The van der Waals surface area contributed by atoms with Crippen molar-refractivity contribution in [3.63, 3.8) is 0 Å². The highest BCUT2D eigenvalue weighted by Crippen LogP contribution is 2.23. The first-order valence-corrected chi connectivity index (χ1v) is 7.99. The van der Waals surface area contributed by atoms with Crippen LogP contribution in [-0.4, -0.2) is 36.0 Å². The molecule has 1 unspecified atom stereocenters. The van der Waals surface area contributed by atoms with E-state index in [1.807, 2.05) is 37.8 Å². The molecule has 0 radical (unpaired) electrons. The number of hydrogen-bond donors (Lipinski definition) is 2. The van der Waals surface area contributed by atoms with Crippen molar-refractivity contribution in [1.29, 1.82) is 0 Å². The molecule has 0 aromatic heterocycles. The number of nitrogens with one attached hydrogen (secondary N) is 2. The third kappa shape index (κ3) is 3.78. The van der Waals surface area contributed by atoms with E-state index in [2.05, 4.69) is 10.6 Å². The van der Waals surface area contributed by atoms with Crippen molar-refractivity contribution < 1.29 is 9.59 Å². The number of rotatable bonds is 4. The number of aryl methyl sites for hydroxylation is 1. The maximum Gasteiger partial charge on any atom is 0.319 e. The van der Waals surface area contributed by atoms with Gasteiger partial charge in [0.2, 0.25) is 0 Å². The Labute approximate surface area is 132 Å². The van der Waals surface area contributed by atoms with Gasteiger partial charge in [0.15, 0.2) is 0 Å². The lowest BCUT2D eigenvalue weighted by Crippen LogP contribution is -2.36. The Kier molecular flexibility index (Phi) is 5.41. The van der Waals surface area contributed by atoms with Crippen LogP contribution in [0, 0.1) is 6.92 Å². The van der Waals surface area contributed by atoms with Gasteiger partial charge in [-0.15, -0.1) is 0 Å². The maximum absolute atomic E-state index is 12.7. The molecule has 5 heteroatoms. The van der Waals surface area contributed by atoms with Gasteiger partial charge in [-0.3, -0.25) is 4.79 Å². The van der Waals surface area contributed by atoms with E-state index in [9.17, 15) is 9.59 Å². The number of hydrogen-bond acceptors (Lipinski definition) is 2. The molecule has 22 heavy (non-hydrogen) atoms. The largest absolute Gasteiger partial charge is 0.339 e. The molecular weight excluding hydrogens is 278 g/mol. The smallest absolute Gasteiger partial charge is 0.319 e. The molecule has 0 saturated carbocycles. The van der Waals surface area contributed by atoms with E-state index in [0.29, 0.717) is 11.3 Å². The number of anilines is 1. The lowest BCUT2D eigenvalue weighted by atomic mass is 10.1. The van der Waals surface area contributed by atoms with E-state index in [0.717, 1.165) is 37.9 Å². The fraction of sp³-hybridized carbons (Fsp3) is 0.529. The maximum atomic E-state index is 12.7. The second-order valence-electron chi connectivity index (χ2n) is 5.90. The first-order valence-electron chi connectivity index (χ1n) is 7.99. The van der Waals surface area contributed by atoms with Gasteiger partial charge in [0, 0.05) is 19.1 Å². The molecule has 2 N–H and O–H groups in total. The average molecular weight is 303 g/mol. The number of carbonyl (C=O) groups excluding carboxylic acids is 2. The van der Waals surface area contributed by atoms with Gasteiger partial charge in [0.25, 0.3) is 5.91 Å². The third-order valence-corrected chi connectivity index (χ3v) is 4.12. The van der Waals surface area contributed by atoms with E-state index in [1.165, 1.54) is 0 Å². The van der Waals surface area contributed by atoms with Crippen molar-refractivity contribution in [2.24, 2.45) is 0 Å². The molecule has 0 bridgehead atoms. The molecule has 0 aliphatic carbocycles. The average Bonchev–Trinajstić information content (AvgIpc) is 3.00. The minimum absolute atomic E-state index is 0.00874. The van der Waals surface area contributed by atoms with Gasteiger partial charge in [0.05, 0.1) is 11.3 Å². The molecule has 2 rings (SSSR count). The van der Waals surface area contributed by atoms with Crippen LogP contribution in [0.4, 0.5) is 10.5 Å². The molecule has 1 aromatic carbocycles. The van der Waals surface area contributed by atoms with Crippen LogP contribution in [-0.2, 0) is 0 Å². The number of carbonyl (C=O) groups is 2. The Balaban J connectivity index is 2.19. The summed E-state index contributed by atoms with van der Waals surface area (Å²) in [5.74, 6) is 0.00874. The van der Waals surface area contributed by atoms with Crippen molar-refractivity contribution in [2.45, 2.75) is 46.1 Å². The van der Waals surface area contributed by atoms with Gasteiger partial charge < -0.3 is 15.5 Å². The van der Waals surface area contributed by atoms with Crippen molar-refractivity contribution in [2.75, 3.05) is 18.4 Å². The second-order valence-corrected chi connectivity index (χ2v) is 5.90. The summed E-state index contributed by atoms with van der Waals surface area (Å²) in [5, 5.41) is 5.68. The van der Waals surface area contributed by atoms with Gasteiger partial charge in [0.1, 0.15) is 0 Å². The summed E-state index contributed by atoms with van der Waals surface area (Å²) in [7, 11) is 0. The van der Waals surface area contributed by atoms with Crippen LogP contribution in [0.25, 0.3) is 0 Å².